The molecule has 6 nitrogen and oxygen atoms in total. The van der Waals surface area contributed by atoms with E-state index in [0.29, 0.717) is 29.8 Å². The Morgan fingerprint density at radius 3 is 2.35 bits per heavy atom. The molecule has 0 saturated heterocycles. The standard InChI is InChI=1S/C24H25N5OS/c1-18-15-19(2)29-23(25-18)26-27-24(29)31-17-22(30)28(16-21-11-7-4-8-12-21)14-13-20-9-5-3-6-10-20/h3-12,15H,13-14,16-17H2,1-2H3. The normalized spacial score (nSPS) is 11.0. The lowest BCUT2D eigenvalue weighted by molar-refractivity contribution is -0.128. The lowest BCUT2D eigenvalue weighted by Crippen LogP contribution is -2.33. The van der Waals surface area contributed by atoms with Crippen molar-refractivity contribution < 1.29 is 4.79 Å². The minimum absolute atomic E-state index is 0.0826. The highest BCUT2D eigenvalue weighted by molar-refractivity contribution is 7.99. The molecule has 0 unspecified atom stereocenters. The van der Waals surface area contributed by atoms with Gasteiger partial charge in [0.25, 0.3) is 5.78 Å². The Morgan fingerprint density at radius 1 is 0.968 bits per heavy atom. The lowest BCUT2D eigenvalue weighted by Gasteiger charge is -2.23. The number of hydrogen-bond donors (Lipinski definition) is 0. The van der Waals surface area contributed by atoms with Crippen LogP contribution in [0.5, 0.6) is 0 Å². The number of nitrogens with zero attached hydrogens (tertiary/aromatic N) is 5. The molecule has 0 saturated carbocycles. The molecule has 0 spiro atoms. The Hall–Kier alpha value is -3.19. The zero-order valence-corrected chi connectivity index (χ0v) is 18.5. The summed E-state index contributed by atoms with van der Waals surface area (Å²) in [6.45, 7) is 5.19. The summed E-state index contributed by atoms with van der Waals surface area (Å²) in [4.78, 5) is 19.5. The van der Waals surface area contributed by atoms with Crippen LogP contribution in [0.2, 0.25) is 0 Å². The van der Waals surface area contributed by atoms with Crippen LogP contribution in [0.4, 0.5) is 0 Å². The fraction of sp³-hybridized carbons (Fsp3) is 0.250. The zero-order valence-electron chi connectivity index (χ0n) is 17.7. The van der Waals surface area contributed by atoms with Gasteiger partial charge in [0.05, 0.1) is 5.75 Å². The smallest absolute Gasteiger partial charge is 0.256 e. The molecular formula is C24H25N5OS. The number of aromatic nitrogens is 4. The van der Waals surface area contributed by atoms with Crippen LogP contribution in [0.3, 0.4) is 0 Å². The Kier molecular flexibility index (Phi) is 6.62. The summed E-state index contributed by atoms with van der Waals surface area (Å²) in [5.41, 5.74) is 4.26. The summed E-state index contributed by atoms with van der Waals surface area (Å²) in [7, 11) is 0. The van der Waals surface area contributed by atoms with E-state index in [-0.39, 0.29) is 5.91 Å². The van der Waals surface area contributed by atoms with Crippen molar-refractivity contribution in [2.24, 2.45) is 0 Å². The minimum Gasteiger partial charge on any atom is -0.337 e. The first-order valence-corrected chi connectivity index (χ1v) is 11.3. The van der Waals surface area contributed by atoms with E-state index in [1.165, 1.54) is 17.3 Å². The molecule has 0 N–H and O–H groups in total. The first-order valence-electron chi connectivity index (χ1n) is 10.3. The summed E-state index contributed by atoms with van der Waals surface area (Å²) in [5.74, 6) is 0.951. The summed E-state index contributed by atoms with van der Waals surface area (Å²) in [5, 5.41) is 9.10. The molecule has 31 heavy (non-hydrogen) atoms. The number of aryl methyl sites for hydroxylation is 2. The van der Waals surface area contributed by atoms with Crippen LogP contribution >= 0.6 is 11.8 Å². The maximum Gasteiger partial charge on any atom is 0.256 e. The highest BCUT2D eigenvalue weighted by atomic mass is 32.2. The Bertz CT molecular complexity index is 1160. The number of amides is 1. The fourth-order valence-corrected chi connectivity index (χ4v) is 4.40. The van der Waals surface area contributed by atoms with Gasteiger partial charge in [0.2, 0.25) is 5.91 Å². The first-order chi connectivity index (χ1) is 15.1. The van der Waals surface area contributed by atoms with E-state index in [9.17, 15) is 4.79 Å². The predicted octanol–water partition coefficient (Wildman–Crippen LogP) is 4.10. The van der Waals surface area contributed by atoms with E-state index >= 15 is 0 Å². The molecule has 0 radical (unpaired) electrons. The Balaban J connectivity index is 1.47. The van der Waals surface area contributed by atoms with E-state index in [4.69, 9.17) is 0 Å². The molecule has 4 rings (SSSR count). The highest BCUT2D eigenvalue weighted by Gasteiger charge is 2.17. The molecule has 0 aliphatic heterocycles. The molecule has 2 aromatic heterocycles. The number of fused-ring (bicyclic) bond motifs is 1. The van der Waals surface area contributed by atoms with Crippen LogP contribution in [0.25, 0.3) is 5.78 Å². The lowest BCUT2D eigenvalue weighted by atomic mass is 10.1. The molecule has 7 heteroatoms. The van der Waals surface area contributed by atoms with Crippen molar-refractivity contribution in [1.82, 2.24) is 24.5 Å². The SMILES string of the molecule is Cc1cc(C)n2c(SCC(=O)N(CCc3ccccc3)Cc3ccccc3)nnc2n1. The van der Waals surface area contributed by atoms with E-state index in [1.807, 2.05) is 65.6 Å². The van der Waals surface area contributed by atoms with Crippen molar-refractivity contribution in [1.29, 1.82) is 0 Å². The average Bonchev–Trinajstić information content (AvgIpc) is 3.19. The molecule has 0 aliphatic carbocycles. The maximum atomic E-state index is 13.2. The van der Waals surface area contributed by atoms with Crippen molar-refractivity contribution in [3.05, 3.63) is 89.2 Å². The summed E-state index contributed by atoms with van der Waals surface area (Å²) in [6, 6.07) is 22.4. The maximum absolute atomic E-state index is 13.2. The molecule has 4 aromatic rings. The van der Waals surface area contributed by atoms with E-state index in [1.54, 1.807) is 0 Å². The van der Waals surface area contributed by atoms with Crippen LogP contribution in [0, 0.1) is 13.8 Å². The fourth-order valence-electron chi connectivity index (χ4n) is 3.52. The van der Waals surface area contributed by atoms with Gasteiger partial charge >= 0.3 is 0 Å². The third-order valence-corrected chi connectivity index (χ3v) is 5.98. The summed E-state index contributed by atoms with van der Waals surface area (Å²) < 4.78 is 1.90. The third-order valence-electron chi connectivity index (χ3n) is 5.07. The van der Waals surface area contributed by atoms with Gasteiger partial charge in [-0.05, 0) is 37.5 Å². The van der Waals surface area contributed by atoms with Crippen molar-refractivity contribution in [2.45, 2.75) is 32.0 Å². The van der Waals surface area contributed by atoms with Crippen LogP contribution in [0.15, 0.2) is 71.9 Å². The van der Waals surface area contributed by atoms with E-state index in [0.717, 1.165) is 23.4 Å². The summed E-state index contributed by atoms with van der Waals surface area (Å²) in [6.07, 6.45) is 0.820. The zero-order chi connectivity index (χ0) is 21.6. The minimum atomic E-state index is 0.0826. The largest absolute Gasteiger partial charge is 0.337 e. The number of thioether (sulfide) groups is 1. The Labute approximate surface area is 186 Å². The monoisotopic (exact) mass is 431 g/mol. The van der Waals surface area contributed by atoms with Crippen molar-refractivity contribution >= 4 is 23.4 Å². The van der Waals surface area contributed by atoms with Gasteiger partial charge in [0.15, 0.2) is 5.16 Å². The van der Waals surface area contributed by atoms with Gasteiger partial charge in [-0.25, -0.2) is 4.98 Å². The van der Waals surface area contributed by atoms with Gasteiger partial charge < -0.3 is 4.90 Å². The van der Waals surface area contributed by atoms with Gasteiger partial charge in [-0.3, -0.25) is 9.20 Å². The van der Waals surface area contributed by atoms with Gasteiger partial charge in [-0.1, -0.05) is 72.4 Å². The van der Waals surface area contributed by atoms with Crippen molar-refractivity contribution in [3.63, 3.8) is 0 Å². The topological polar surface area (TPSA) is 63.4 Å². The quantitative estimate of drug-likeness (QED) is 0.393. The number of carbonyl (C=O) groups is 1. The highest BCUT2D eigenvalue weighted by Crippen LogP contribution is 2.20. The number of carbonyl (C=O) groups excluding carboxylic acids is 1. The number of hydrogen-bond acceptors (Lipinski definition) is 5. The molecule has 0 bridgehead atoms. The van der Waals surface area contributed by atoms with E-state index in [2.05, 4.69) is 39.4 Å². The summed E-state index contributed by atoms with van der Waals surface area (Å²) >= 11 is 1.40. The molecule has 2 heterocycles. The Morgan fingerprint density at radius 2 is 1.65 bits per heavy atom. The number of rotatable bonds is 8. The molecule has 158 valence electrons. The molecule has 0 fully saturated rings. The van der Waals surface area contributed by atoms with Crippen LogP contribution in [-0.2, 0) is 17.8 Å². The van der Waals surface area contributed by atoms with Crippen molar-refractivity contribution in [2.75, 3.05) is 12.3 Å². The second-order valence-electron chi connectivity index (χ2n) is 7.48. The second kappa shape index (κ2) is 9.75. The molecule has 0 aliphatic rings. The van der Waals surface area contributed by atoms with Gasteiger partial charge in [0.1, 0.15) is 0 Å². The van der Waals surface area contributed by atoms with Crippen LogP contribution in [-0.4, -0.2) is 42.7 Å². The second-order valence-corrected chi connectivity index (χ2v) is 8.42. The molecule has 2 aromatic carbocycles. The van der Waals surface area contributed by atoms with E-state index < -0.39 is 0 Å². The molecule has 1 amide bonds. The van der Waals surface area contributed by atoms with Gasteiger partial charge in [0, 0.05) is 24.5 Å². The van der Waals surface area contributed by atoms with Crippen LogP contribution in [0.1, 0.15) is 22.5 Å². The van der Waals surface area contributed by atoms with Gasteiger partial charge in [-0.2, -0.15) is 0 Å². The number of benzene rings is 2. The first kappa shape index (κ1) is 21.1. The van der Waals surface area contributed by atoms with Crippen LogP contribution < -0.4 is 0 Å². The molecule has 0 atom stereocenters. The predicted molar refractivity (Wildman–Crippen MR) is 123 cm³/mol. The third kappa shape index (κ3) is 5.30. The average molecular weight is 432 g/mol. The molecular weight excluding hydrogens is 406 g/mol. The van der Waals surface area contributed by atoms with Gasteiger partial charge in [-0.15, -0.1) is 10.2 Å². The van der Waals surface area contributed by atoms with Crippen molar-refractivity contribution in [3.8, 4) is 0 Å².